The molecule has 2 aromatic rings. The predicted molar refractivity (Wildman–Crippen MR) is 166 cm³/mol. The maximum Gasteiger partial charge on any atom is 0.356 e. The molecular weight excluding hydrogens is 595 g/mol. The van der Waals surface area contributed by atoms with Crippen LogP contribution in [0.4, 0.5) is 5.69 Å². The summed E-state index contributed by atoms with van der Waals surface area (Å²) in [5, 5.41) is 22.4. The van der Waals surface area contributed by atoms with Crippen LogP contribution in [-0.2, 0) is 32.0 Å². The number of nitro groups is 1. The number of aliphatic hydroxyl groups excluding tert-OH is 1. The summed E-state index contributed by atoms with van der Waals surface area (Å²) >= 11 is 2.76. The van der Waals surface area contributed by atoms with Crippen LogP contribution >= 0.6 is 23.1 Å². The van der Waals surface area contributed by atoms with Gasteiger partial charge in [0.05, 0.1) is 45.7 Å². The van der Waals surface area contributed by atoms with Crippen molar-refractivity contribution < 1.29 is 28.8 Å². The maximum atomic E-state index is 13.7. The average molecular weight is 632 g/mol. The van der Waals surface area contributed by atoms with Crippen LogP contribution in [0.1, 0.15) is 50.8 Å². The first-order chi connectivity index (χ1) is 20.1. The first-order valence-corrected chi connectivity index (χ1v) is 18.4. The standard InChI is InChI=1S/C29H37N3O7S2Si/c1-6-42(7-2,8-3)39-19(5)24-25-18(4)27(40-14-13-23-22(15-33)30-17-41-23)26(31(25)28(24)34)29(35)38-16-20-9-11-21(12-10-20)32(36)37/h9-14,17-19,24-25,33H,6-8,15-16H2,1-5H3/b14-13-/t18-,19-,24-,25-/m1/s1. The Morgan fingerprint density at radius 3 is 2.52 bits per heavy atom. The Kier molecular flexibility index (Phi) is 10.4. The lowest BCUT2D eigenvalue weighted by Gasteiger charge is -2.49. The topological polar surface area (TPSA) is 132 Å². The number of aliphatic hydroxyl groups is 1. The number of rotatable bonds is 14. The number of ether oxygens (including phenoxy) is 1. The van der Waals surface area contributed by atoms with Crippen LogP contribution in [0.2, 0.25) is 18.1 Å². The summed E-state index contributed by atoms with van der Waals surface area (Å²) in [6, 6.07) is 8.52. The summed E-state index contributed by atoms with van der Waals surface area (Å²) in [7, 11) is -1.96. The molecule has 1 N–H and O–H groups in total. The van der Waals surface area contributed by atoms with E-state index in [-0.39, 0.29) is 54.5 Å². The molecule has 2 aliphatic rings. The van der Waals surface area contributed by atoms with Crippen LogP contribution in [0.5, 0.6) is 0 Å². The molecule has 3 heterocycles. The van der Waals surface area contributed by atoms with E-state index in [1.807, 2.05) is 25.3 Å². The molecule has 1 saturated heterocycles. The average Bonchev–Trinajstić information content (AvgIpc) is 3.55. The van der Waals surface area contributed by atoms with Gasteiger partial charge in [0, 0.05) is 23.0 Å². The minimum Gasteiger partial charge on any atom is -0.456 e. The largest absolute Gasteiger partial charge is 0.456 e. The van der Waals surface area contributed by atoms with Gasteiger partial charge in [0.25, 0.3) is 5.69 Å². The highest BCUT2D eigenvalue weighted by molar-refractivity contribution is 8.06. The highest BCUT2D eigenvalue weighted by Crippen LogP contribution is 2.52. The van der Waals surface area contributed by atoms with Gasteiger partial charge in [-0.3, -0.25) is 14.9 Å². The highest BCUT2D eigenvalue weighted by Gasteiger charge is 2.61. The second kappa shape index (κ2) is 13.6. The maximum absolute atomic E-state index is 13.7. The lowest BCUT2D eigenvalue weighted by atomic mass is 9.79. The Hall–Kier alpha value is -2.84. The van der Waals surface area contributed by atoms with Gasteiger partial charge >= 0.3 is 5.97 Å². The zero-order chi connectivity index (χ0) is 30.6. The number of thioether (sulfide) groups is 1. The Labute approximate surface area is 255 Å². The fraction of sp³-hybridized carbons (Fsp3) is 0.483. The number of nitro benzene ring substituents is 1. The van der Waals surface area contributed by atoms with Gasteiger partial charge in [0.2, 0.25) is 5.91 Å². The molecular formula is C29H37N3O7S2Si. The second-order valence-electron chi connectivity index (χ2n) is 10.5. The number of benzene rings is 1. The molecule has 226 valence electrons. The number of hydrogen-bond acceptors (Lipinski definition) is 10. The van der Waals surface area contributed by atoms with Gasteiger partial charge in [0.15, 0.2) is 8.32 Å². The lowest BCUT2D eigenvalue weighted by Crippen LogP contribution is -2.65. The number of carbonyl (C=O) groups is 2. The summed E-state index contributed by atoms with van der Waals surface area (Å²) in [6.07, 6.45) is 1.58. The Bertz CT molecular complexity index is 1370. The number of esters is 1. The predicted octanol–water partition coefficient (Wildman–Crippen LogP) is 6.09. The highest BCUT2D eigenvalue weighted by atomic mass is 32.2. The Morgan fingerprint density at radius 2 is 1.93 bits per heavy atom. The second-order valence-corrected chi connectivity index (χ2v) is 17.1. The van der Waals surface area contributed by atoms with E-state index in [2.05, 4.69) is 25.8 Å². The first kappa shape index (κ1) is 32.1. The van der Waals surface area contributed by atoms with E-state index in [1.165, 1.54) is 35.2 Å². The van der Waals surface area contributed by atoms with Crippen molar-refractivity contribution in [2.24, 2.45) is 11.8 Å². The molecule has 1 fully saturated rings. The van der Waals surface area contributed by atoms with E-state index in [1.54, 1.807) is 22.5 Å². The number of carbonyl (C=O) groups excluding carboxylic acids is 2. The first-order valence-electron chi connectivity index (χ1n) is 14.1. The van der Waals surface area contributed by atoms with Crippen molar-refractivity contribution in [3.8, 4) is 0 Å². The van der Waals surface area contributed by atoms with Crippen molar-refractivity contribution in [1.82, 2.24) is 9.88 Å². The molecule has 2 aliphatic heterocycles. The zero-order valence-electron chi connectivity index (χ0n) is 24.4. The minimum absolute atomic E-state index is 0.0501. The monoisotopic (exact) mass is 631 g/mol. The van der Waals surface area contributed by atoms with Gasteiger partial charge in [-0.15, -0.1) is 11.3 Å². The van der Waals surface area contributed by atoms with Crippen LogP contribution in [0.3, 0.4) is 0 Å². The Morgan fingerprint density at radius 1 is 1.26 bits per heavy atom. The molecule has 42 heavy (non-hydrogen) atoms. The molecule has 0 radical (unpaired) electrons. The van der Waals surface area contributed by atoms with E-state index < -0.39 is 19.2 Å². The van der Waals surface area contributed by atoms with Crippen molar-refractivity contribution in [1.29, 1.82) is 0 Å². The smallest absolute Gasteiger partial charge is 0.356 e. The number of nitrogens with zero attached hydrogens (tertiary/aromatic N) is 3. The van der Waals surface area contributed by atoms with E-state index >= 15 is 0 Å². The normalized spacial score (nSPS) is 21.0. The Balaban J connectivity index is 1.58. The van der Waals surface area contributed by atoms with E-state index in [0.717, 1.165) is 27.9 Å². The number of amides is 1. The number of non-ortho nitro benzene ring substituents is 1. The zero-order valence-corrected chi connectivity index (χ0v) is 27.1. The fourth-order valence-electron chi connectivity index (χ4n) is 5.76. The molecule has 0 aliphatic carbocycles. The third-order valence-corrected chi connectivity index (χ3v) is 15.1. The van der Waals surface area contributed by atoms with E-state index in [9.17, 15) is 24.8 Å². The number of hydrogen-bond donors (Lipinski definition) is 1. The van der Waals surface area contributed by atoms with Crippen LogP contribution < -0.4 is 0 Å². The van der Waals surface area contributed by atoms with Crippen molar-refractivity contribution in [3.63, 3.8) is 0 Å². The van der Waals surface area contributed by atoms with Gasteiger partial charge in [0.1, 0.15) is 12.3 Å². The minimum atomic E-state index is -1.96. The van der Waals surface area contributed by atoms with Crippen LogP contribution in [-0.4, -0.2) is 52.3 Å². The van der Waals surface area contributed by atoms with Crippen LogP contribution in [0.15, 0.2) is 45.8 Å². The van der Waals surface area contributed by atoms with Crippen molar-refractivity contribution >= 4 is 55.1 Å². The summed E-state index contributed by atoms with van der Waals surface area (Å²) in [5.74, 6) is -1.25. The quantitative estimate of drug-likeness (QED) is 0.0865. The number of aromatic nitrogens is 1. The van der Waals surface area contributed by atoms with Gasteiger partial charge in [-0.2, -0.15) is 0 Å². The molecule has 4 rings (SSSR count). The molecule has 1 aromatic heterocycles. The van der Waals surface area contributed by atoms with E-state index in [0.29, 0.717) is 11.3 Å². The molecule has 4 atom stereocenters. The third-order valence-electron chi connectivity index (χ3n) is 8.41. The molecule has 13 heteroatoms. The number of thiazole rings is 1. The summed E-state index contributed by atoms with van der Waals surface area (Å²) in [6.45, 7) is 10.2. The summed E-state index contributed by atoms with van der Waals surface area (Å²) < 4.78 is 12.3. The molecule has 0 bridgehead atoms. The van der Waals surface area contributed by atoms with Gasteiger partial charge < -0.3 is 19.2 Å². The SMILES string of the molecule is CC[Si](CC)(CC)O[C@H](C)[C@H]1C(=O)N2C(C(=O)OCc3ccc([N+](=O)[O-])cc3)=C(S/C=C\c3scnc3CO)[C@H](C)[C@H]12. The molecule has 1 aromatic carbocycles. The van der Waals surface area contributed by atoms with Crippen LogP contribution in [0, 0.1) is 22.0 Å². The van der Waals surface area contributed by atoms with E-state index in [4.69, 9.17) is 9.16 Å². The van der Waals surface area contributed by atoms with Gasteiger partial charge in [-0.05, 0) is 54.2 Å². The summed E-state index contributed by atoms with van der Waals surface area (Å²) in [4.78, 5) is 44.9. The molecule has 0 spiro atoms. The summed E-state index contributed by atoms with van der Waals surface area (Å²) in [5.41, 5.74) is 3.02. The lowest BCUT2D eigenvalue weighted by molar-refractivity contribution is -0.384. The molecule has 0 unspecified atom stereocenters. The van der Waals surface area contributed by atoms with Gasteiger partial charge in [-0.25, -0.2) is 9.78 Å². The van der Waals surface area contributed by atoms with Gasteiger partial charge in [-0.1, -0.05) is 39.5 Å². The molecule has 0 saturated carbocycles. The van der Waals surface area contributed by atoms with Crippen LogP contribution in [0.25, 0.3) is 6.08 Å². The van der Waals surface area contributed by atoms with Crippen molar-refractivity contribution in [2.45, 2.75) is 78.1 Å². The third kappa shape index (κ3) is 6.25. The number of fused-ring (bicyclic) bond motifs is 1. The fourth-order valence-corrected chi connectivity index (χ4v) is 10.5. The van der Waals surface area contributed by atoms with Crippen molar-refractivity contribution in [2.75, 3.05) is 0 Å². The molecule has 1 amide bonds. The molecule has 10 nitrogen and oxygen atoms in total. The number of β-lactam (4-membered cyclic amide) rings is 1. The van der Waals surface area contributed by atoms with Crippen molar-refractivity contribution in [3.05, 3.63) is 72.0 Å².